The number of amides is 1. The number of hydrogen-bond acceptors (Lipinski definition) is 5. The lowest BCUT2D eigenvalue weighted by atomic mass is 10.1. The molecule has 0 unspecified atom stereocenters. The highest BCUT2D eigenvalue weighted by atomic mass is 32.1. The fourth-order valence-electron chi connectivity index (χ4n) is 4.84. The Bertz CT molecular complexity index is 1940. The van der Waals surface area contributed by atoms with Crippen LogP contribution in [0.1, 0.15) is 5.56 Å². The second kappa shape index (κ2) is 9.66. The Morgan fingerprint density at radius 1 is 0.872 bits per heavy atom. The van der Waals surface area contributed by atoms with Gasteiger partial charge in [0.15, 0.2) is 0 Å². The molecule has 1 amide bonds. The zero-order chi connectivity index (χ0) is 26.2. The first kappa shape index (κ1) is 23.1. The molecule has 0 saturated heterocycles. The predicted octanol–water partition coefficient (Wildman–Crippen LogP) is 7.08. The van der Waals surface area contributed by atoms with E-state index in [0.717, 1.165) is 50.0 Å². The molecule has 0 saturated carbocycles. The first-order valence-electron chi connectivity index (χ1n) is 12.5. The number of nitrogens with zero attached hydrogens (tertiary/aromatic N) is 3. The van der Waals surface area contributed by atoms with E-state index < -0.39 is 0 Å². The fraction of sp³-hybridized carbons (Fsp3) is 0.0323. The van der Waals surface area contributed by atoms with Gasteiger partial charge in [-0.05, 0) is 41.3 Å². The van der Waals surface area contributed by atoms with Crippen LogP contribution in [0.25, 0.3) is 54.9 Å². The van der Waals surface area contributed by atoms with Crippen molar-refractivity contribution in [3.8, 4) is 33.1 Å². The van der Waals surface area contributed by atoms with Crippen molar-refractivity contribution in [2.75, 3.05) is 5.32 Å². The maximum atomic E-state index is 12.6. The number of benzene rings is 2. The molecular weight excluding hydrogens is 504 g/mol. The summed E-state index contributed by atoms with van der Waals surface area (Å²) in [6.07, 6.45) is 5.47. The number of thiophene rings is 1. The summed E-state index contributed by atoms with van der Waals surface area (Å²) in [6.45, 7) is 0. The van der Waals surface area contributed by atoms with E-state index in [1.54, 1.807) is 29.9 Å². The molecule has 2 aromatic carbocycles. The minimum absolute atomic E-state index is 0.0959. The first-order chi connectivity index (χ1) is 19.2. The number of hydrogen-bond donors (Lipinski definition) is 3. The molecule has 5 aromatic heterocycles. The predicted molar refractivity (Wildman–Crippen MR) is 157 cm³/mol. The van der Waals surface area contributed by atoms with Gasteiger partial charge >= 0.3 is 0 Å². The van der Waals surface area contributed by atoms with Crippen LogP contribution in [0.3, 0.4) is 0 Å². The molecule has 7 aromatic rings. The molecule has 0 fully saturated rings. The highest BCUT2D eigenvalue weighted by molar-refractivity contribution is 7.13. The normalized spacial score (nSPS) is 11.3. The zero-order valence-corrected chi connectivity index (χ0v) is 21.5. The summed E-state index contributed by atoms with van der Waals surface area (Å²) in [5, 5.41) is 14.9. The molecule has 0 aliphatic heterocycles. The summed E-state index contributed by atoms with van der Waals surface area (Å²) >= 11 is 1.73. The quantitative estimate of drug-likeness (QED) is 0.216. The number of anilines is 1. The van der Waals surface area contributed by atoms with Crippen LogP contribution in [0, 0.1) is 0 Å². The van der Waals surface area contributed by atoms with E-state index in [1.165, 1.54) is 10.4 Å². The number of carbonyl (C=O) groups is 1. The standard InChI is InChI=1S/C31H22N6OS/c38-30(12-19-6-2-1-3-7-19)34-21-13-20(16-32-17-21)26-15-24-28(18-33-26)36-37-31(24)27-14-23-22(29-10-5-11-39-29)8-4-9-25(23)35-27/h1-11,13-18,35H,12H2,(H,34,38)(H,36,37). The molecule has 3 N–H and O–H groups in total. The lowest BCUT2D eigenvalue weighted by Crippen LogP contribution is -2.14. The average Bonchev–Trinajstić information content (AvgIpc) is 3.73. The van der Waals surface area contributed by atoms with E-state index in [2.05, 4.69) is 72.2 Å². The fourth-order valence-corrected chi connectivity index (χ4v) is 5.61. The van der Waals surface area contributed by atoms with Gasteiger partial charge in [0.25, 0.3) is 0 Å². The second-order valence-corrected chi connectivity index (χ2v) is 10.2. The highest BCUT2D eigenvalue weighted by Crippen LogP contribution is 2.36. The average molecular weight is 527 g/mol. The van der Waals surface area contributed by atoms with E-state index in [9.17, 15) is 4.79 Å². The highest BCUT2D eigenvalue weighted by Gasteiger charge is 2.15. The van der Waals surface area contributed by atoms with Crippen LogP contribution in [-0.4, -0.2) is 31.1 Å². The van der Waals surface area contributed by atoms with Gasteiger partial charge in [0, 0.05) is 38.5 Å². The number of fused-ring (bicyclic) bond motifs is 2. The number of nitrogens with one attached hydrogen (secondary N) is 3. The second-order valence-electron chi connectivity index (χ2n) is 9.29. The van der Waals surface area contributed by atoms with Crippen LogP contribution in [0.5, 0.6) is 0 Å². The SMILES string of the molecule is O=C(Cc1ccccc1)Nc1cncc(-c2cc3c(-c4cc5c(-c6cccs6)cccc5[nH]4)n[nH]c3cn2)c1. The van der Waals surface area contributed by atoms with E-state index in [4.69, 9.17) is 0 Å². The molecular formula is C31H22N6OS. The molecule has 5 heterocycles. The van der Waals surface area contributed by atoms with Gasteiger partial charge in [-0.3, -0.25) is 19.9 Å². The lowest BCUT2D eigenvalue weighted by Gasteiger charge is -2.07. The third-order valence-corrected chi connectivity index (χ3v) is 7.58. The Labute approximate surface area is 227 Å². The third kappa shape index (κ3) is 4.47. The van der Waals surface area contributed by atoms with Crippen molar-refractivity contribution in [3.05, 3.63) is 108 Å². The zero-order valence-electron chi connectivity index (χ0n) is 20.7. The van der Waals surface area contributed by atoms with Gasteiger partial charge in [-0.15, -0.1) is 11.3 Å². The van der Waals surface area contributed by atoms with Gasteiger partial charge in [0.05, 0.1) is 41.4 Å². The van der Waals surface area contributed by atoms with Crippen molar-refractivity contribution in [1.82, 2.24) is 25.1 Å². The summed E-state index contributed by atoms with van der Waals surface area (Å²) in [6, 6.07) is 26.2. The lowest BCUT2D eigenvalue weighted by molar-refractivity contribution is -0.115. The molecule has 7 rings (SSSR count). The van der Waals surface area contributed by atoms with Crippen molar-refractivity contribution in [2.24, 2.45) is 0 Å². The largest absolute Gasteiger partial charge is 0.353 e. The van der Waals surface area contributed by atoms with E-state index >= 15 is 0 Å². The van der Waals surface area contributed by atoms with E-state index in [-0.39, 0.29) is 5.91 Å². The maximum Gasteiger partial charge on any atom is 0.228 e. The van der Waals surface area contributed by atoms with Crippen molar-refractivity contribution < 1.29 is 4.79 Å². The molecule has 8 heteroatoms. The van der Waals surface area contributed by atoms with Crippen LogP contribution >= 0.6 is 11.3 Å². The summed E-state index contributed by atoms with van der Waals surface area (Å²) in [5.41, 5.74) is 7.97. The van der Waals surface area contributed by atoms with E-state index in [1.807, 2.05) is 42.5 Å². The van der Waals surface area contributed by atoms with Gasteiger partial charge < -0.3 is 10.3 Å². The molecule has 0 aliphatic carbocycles. The minimum atomic E-state index is -0.0959. The Morgan fingerprint density at radius 3 is 2.67 bits per heavy atom. The number of carbonyl (C=O) groups excluding carboxylic acids is 1. The van der Waals surface area contributed by atoms with Gasteiger partial charge in [-0.1, -0.05) is 48.5 Å². The number of pyridine rings is 2. The molecule has 0 radical (unpaired) electrons. The molecule has 0 aliphatic rings. The molecule has 188 valence electrons. The van der Waals surface area contributed by atoms with Gasteiger partial charge in [0.2, 0.25) is 5.91 Å². The third-order valence-electron chi connectivity index (χ3n) is 6.68. The molecule has 39 heavy (non-hydrogen) atoms. The molecule has 7 nitrogen and oxygen atoms in total. The van der Waals surface area contributed by atoms with Gasteiger partial charge in [-0.2, -0.15) is 5.10 Å². The van der Waals surface area contributed by atoms with Gasteiger partial charge in [-0.25, -0.2) is 0 Å². The topological polar surface area (TPSA) is 99.4 Å². The van der Waals surface area contributed by atoms with Crippen LogP contribution in [0.4, 0.5) is 5.69 Å². The van der Waals surface area contributed by atoms with Crippen molar-refractivity contribution in [1.29, 1.82) is 0 Å². The van der Waals surface area contributed by atoms with Crippen molar-refractivity contribution >= 4 is 44.7 Å². The Hall–Kier alpha value is -5.08. The summed E-state index contributed by atoms with van der Waals surface area (Å²) in [7, 11) is 0. The molecule has 0 bridgehead atoms. The van der Waals surface area contributed by atoms with Crippen molar-refractivity contribution in [2.45, 2.75) is 6.42 Å². The summed E-state index contributed by atoms with van der Waals surface area (Å²) in [4.78, 5) is 26.3. The Morgan fingerprint density at radius 2 is 1.79 bits per heavy atom. The number of H-pyrrole nitrogens is 2. The monoisotopic (exact) mass is 526 g/mol. The van der Waals surface area contributed by atoms with E-state index in [0.29, 0.717) is 12.1 Å². The van der Waals surface area contributed by atoms with Crippen LogP contribution in [0.2, 0.25) is 0 Å². The smallest absolute Gasteiger partial charge is 0.228 e. The summed E-state index contributed by atoms with van der Waals surface area (Å²) in [5.74, 6) is -0.0959. The van der Waals surface area contributed by atoms with Gasteiger partial charge in [0.1, 0.15) is 5.69 Å². The number of rotatable bonds is 6. The van der Waals surface area contributed by atoms with Crippen LogP contribution in [0.15, 0.2) is 103 Å². The Balaban J connectivity index is 1.21. The first-order valence-corrected chi connectivity index (χ1v) is 13.4. The Kier molecular flexibility index (Phi) is 5.71. The van der Waals surface area contributed by atoms with Crippen LogP contribution in [-0.2, 0) is 11.2 Å². The molecule has 0 spiro atoms. The number of aromatic amines is 2. The van der Waals surface area contributed by atoms with Crippen molar-refractivity contribution in [3.63, 3.8) is 0 Å². The molecule has 0 atom stereocenters. The maximum absolute atomic E-state index is 12.6. The number of aromatic nitrogens is 5. The minimum Gasteiger partial charge on any atom is -0.353 e. The van der Waals surface area contributed by atoms with Crippen LogP contribution < -0.4 is 5.32 Å². The summed E-state index contributed by atoms with van der Waals surface area (Å²) < 4.78 is 0.